The second-order valence-electron chi connectivity index (χ2n) is 5.63. The Labute approximate surface area is 120 Å². The number of nitrogens with zero attached hydrogens (tertiary/aromatic N) is 2. The van der Waals surface area contributed by atoms with Gasteiger partial charge < -0.3 is 15.4 Å². The van der Waals surface area contributed by atoms with Crippen LogP contribution in [-0.4, -0.2) is 35.6 Å². The highest BCUT2D eigenvalue weighted by atomic mass is 16.5. The number of rotatable bonds is 5. The van der Waals surface area contributed by atoms with Crippen LogP contribution in [0.4, 0.5) is 11.6 Å². The molecule has 112 valence electrons. The molecule has 0 aliphatic carbocycles. The van der Waals surface area contributed by atoms with Gasteiger partial charge in [-0.25, -0.2) is 14.8 Å². The summed E-state index contributed by atoms with van der Waals surface area (Å²) in [5, 5.41) is 6.21. The summed E-state index contributed by atoms with van der Waals surface area (Å²) in [6, 6.07) is 1.33. The summed E-state index contributed by atoms with van der Waals surface area (Å²) in [5.74, 6) is 1.74. The van der Waals surface area contributed by atoms with Crippen LogP contribution in [0.2, 0.25) is 0 Å². The van der Waals surface area contributed by atoms with E-state index in [1.165, 1.54) is 7.11 Å². The third-order valence-electron chi connectivity index (χ3n) is 2.67. The van der Waals surface area contributed by atoms with E-state index < -0.39 is 6.04 Å². The fraction of sp³-hybridized carbons (Fsp3) is 0.643. The van der Waals surface area contributed by atoms with Gasteiger partial charge in [0.15, 0.2) is 0 Å². The van der Waals surface area contributed by atoms with Crippen molar-refractivity contribution in [3.05, 3.63) is 11.9 Å². The van der Waals surface area contributed by atoms with Crippen LogP contribution in [0.15, 0.2) is 6.07 Å². The zero-order chi connectivity index (χ0) is 15.3. The molecule has 6 heteroatoms. The summed E-state index contributed by atoms with van der Waals surface area (Å²) in [6.45, 7) is 10.6. The lowest BCUT2D eigenvalue weighted by Gasteiger charge is -2.20. The predicted molar refractivity (Wildman–Crippen MR) is 80.0 cm³/mol. The van der Waals surface area contributed by atoms with Gasteiger partial charge in [0.25, 0.3) is 0 Å². The summed E-state index contributed by atoms with van der Waals surface area (Å²) < 4.78 is 4.70. The molecule has 0 saturated carbocycles. The SMILES string of the molecule is CCNc1cc(NC(C)C(=O)OC)nc(C(C)(C)C)n1. The van der Waals surface area contributed by atoms with Crippen LogP contribution in [0.5, 0.6) is 0 Å². The number of esters is 1. The largest absolute Gasteiger partial charge is 0.467 e. The van der Waals surface area contributed by atoms with E-state index in [2.05, 4.69) is 20.6 Å². The lowest BCUT2D eigenvalue weighted by atomic mass is 9.96. The van der Waals surface area contributed by atoms with Crippen molar-refractivity contribution in [3.8, 4) is 0 Å². The molecule has 0 bridgehead atoms. The molecular formula is C14H24N4O2. The van der Waals surface area contributed by atoms with Gasteiger partial charge in [-0.3, -0.25) is 0 Å². The van der Waals surface area contributed by atoms with Gasteiger partial charge in [0, 0.05) is 18.0 Å². The predicted octanol–water partition coefficient (Wildman–Crippen LogP) is 2.18. The van der Waals surface area contributed by atoms with Crippen LogP contribution in [0.1, 0.15) is 40.4 Å². The molecule has 1 rings (SSSR count). The zero-order valence-electron chi connectivity index (χ0n) is 13.1. The minimum absolute atomic E-state index is 0.170. The lowest BCUT2D eigenvalue weighted by Crippen LogP contribution is -2.28. The van der Waals surface area contributed by atoms with Crippen LogP contribution in [0.3, 0.4) is 0 Å². The summed E-state index contributed by atoms with van der Waals surface area (Å²) >= 11 is 0. The Balaban J connectivity index is 3.06. The van der Waals surface area contributed by atoms with Crippen molar-refractivity contribution < 1.29 is 9.53 Å². The zero-order valence-corrected chi connectivity index (χ0v) is 13.1. The van der Waals surface area contributed by atoms with Gasteiger partial charge in [0.2, 0.25) is 0 Å². The standard InChI is InChI=1S/C14H24N4O2/c1-7-15-10-8-11(16-9(2)12(19)20-6)18-13(17-10)14(3,4)5/h8-9H,7H2,1-6H3,(H2,15,16,17,18). The Morgan fingerprint density at radius 2 is 1.95 bits per heavy atom. The quantitative estimate of drug-likeness (QED) is 0.805. The van der Waals surface area contributed by atoms with E-state index in [9.17, 15) is 4.79 Å². The second-order valence-corrected chi connectivity index (χ2v) is 5.63. The number of carbonyl (C=O) groups is 1. The number of aromatic nitrogens is 2. The Bertz CT molecular complexity index is 469. The fourth-order valence-corrected chi connectivity index (χ4v) is 1.59. The van der Waals surface area contributed by atoms with Crippen molar-refractivity contribution >= 4 is 17.6 Å². The Morgan fingerprint density at radius 3 is 2.45 bits per heavy atom. The fourth-order valence-electron chi connectivity index (χ4n) is 1.59. The minimum Gasteiger partial charge on any atom is -0.467 e. The number of methoxy groups -OCH3 is 1. The molecule has 0 spiro atoms. The van der Waals surface area contributed by atoms with Crippen LogP contribution in [0.25, 0.3) is 0 Å². The number of nitrogens with one attached hydrogen (secondary N) is 2. The molecule has 1 aromatic rings. The maximum absolute atomic E-state index is 11.5. The number of hydrogen-bond acceptors (Lipinski definition) is 6. The van der Waals surface area contributed by atoms with E-state index >= 15 is 0 Å². The van der Waals surface area contributed by atoms with Crippen molar-refractivity contribution in [1.82, 2.24) is 9.97 Å². The molecule has 6 nitrogen and oxygen atoms in total. The first-order valence-electron chi connectivity index (χ1n) is 6.75. The van der Waals surface area contributed by atoms with Crippen LogP contribution >= 0.6 is 0 Å². The lowest BCUT2D eigenvalue weighted by molar-refractivity contribution is -0.141. The third-order valence-corrected chi connectivity index (χ3v) is 2.67. The summed E-state index contributed by atoms with van der Waals surface area (Å²) in [4.78, 5) is 20.4. The topological polar surface area (TPSA) is 76.1 Å². The van der Waals surface area contributed by atoms with E-state index in [0.717, 1.165) is 18.2 Å². The number of anilines is 2. The van der Waals surface area contributed by atoms with E-state index in [4.69, 9.17) is 4.74 Å². The second kappa shape index (κ2) is 6.54. The highest BCUT2D eigenvalue weighted by Crippen LogP contribution is 2.22. The monoisotopic (exact) mass is 280 g/mol. The number of hydrogen-bond donors (Lipinski definition) is 2. The average molecular weight is 280 g/mol. The molecule has 0 aliphatic rings. The minimum atomic E-state index is -0.461. The maximum atomic E-state index is 11.5. The maximum Gasteiger partial charge on any atom is 0.328 e. The molecule has 0 radical (unpaired) electrons. The molecule has 0 saturated heterocycles. The van der Waals surface area contributed by atoms with E-state index in [-0.39, 0.29) is 11.4 Å². The molecule has 20 heavy (non-hydrogen) atoms. The normalized spacial score (nSPS) is 12.7. The van der Waals surface area contributed by atoms with Gasteiger partial charge in [0.1, 0.15) is 23.5 Å². The van der Waals surface area contributed by atoms with Crippen molar-refractivity contribution in [2.45, 2.75) is 46.1 Å². The first kappa shape index (κ1) is 16.2. The molecule has 1 atom stereocenters. The van der Waals surface area contributed by atoms with Crippen LogP contribution in [0, 0.1) is 0 Å². The van der Waals surface area contributed by atoms with Crippen molar-refractivity contribution in [1.29, 1.82) is 0 Å². The van der Waals surface area contributed by atoms with Gasteiger partial charge in [-0.2, -0.15) is 0 Å². The summed E-state index contributed by atoms with van der Waals surface area (Å²) in [5.41, 5.74) is -0.170. The van der Waals surface area contributed by atoms with Gasteiger partial charge in [0.05, 0.1) is 7.11 Å². The Hall–Kier alpha value is -1.85. The van der Waals surface area contributed by atoms with E-state index in [0.29, 0.717) is 5.82 Å². The molecule has 0 aromatic carbocycles. The van der Waals surface area contributed by atoms with Crippen LogP contribution in [-0.2, 0) is 14.9 Å². The van der Waals surface area contributed by atoms with E-state index in [1.54, 1.807) is 13.0 Å². The Morgan fingerprint density at radius 1 is 1.35 bits per heavy atom. The first-order valence-corrected chi connectivity index (χ1v) is 6.75. The number of ether oxygens (including phenoxy) is 1. The molecule has 2 N–H and O–H groups in total. The van der Waals surface area contributed by atoms with Gasteiger partial charge >= 0.3 is 5.97 Å². The highest BCUT2D eigenvalue weighted by Gasteiger charge is 2.20. The van der Waals surface area contributed by atoms with Crippen molar-refractivity contribution in [3.63, 3.8) is 0 Å². The molecular weight excluding hydrogens is 256 g/mol. The average Bonchev–Trinajstić information content (AvgIpc) is 2.36. The molecule has 0 aliphatic heterocycles. The summed E-state index contributed by atoms with van der Waals surface area (Å²) in [7, 11) is 1.37. The van der Waals surface area contributed by atoms with E-state index in [1.807, 2.05) is 27.7 Å². The molecule has 1 unspecified atom stereocenters. The highest BCUT2D eigenvalue weighted by molar-refractivity contribution is 5.78. The van der Waals surface area contributed by atoms with Crippen molar-refractivity contribution in [2.75, 3.05) is 24.3 Å². The summed E-state index contributed by atoms with van der Waals surface area (Å²) in [6.07, 6.45) is 0. The van der Waals surface area contributed by atoms with Crippen molar-refractivity contribution in [2.24, 2.45) is 0 Å². The number of carbonyl (C=O) groups excluding carboxylic acids is 1. The van der Waals surface area contributed by atoms with Gasteiger partial charge in [-0.15, -0.1) is 0 Å². The molecule has 0 amide bonds. The molecule has 1 aromatic heterocycles. The van der Waals surface area contributed by atoms with Gasteiger partial charge in [-0.1, -0.05) is 20.8 Å². The van der Waals surface area contributed by atoms with Gasteiger partial charge in [-0.05, 0) is 13.8 Å². The Kier molecular flexibility index (Phi) is 5.30. The third kappa shape index (κ3) is 4.36. The molecule has 0 fully saturated rings. The van der Waals surface area contributed by atoms with Crippen LogP contribution < -0.4 is 10.6 Å². The smallest absolute Gasteiger partial charge is 0.328 e. The molecule has 1 heterocycles. The first-order chi connectivity index (χ1) is 9.27.